The fourth-order valence-corrected chi connectivity index (χ4v) is 3.68. The SMILES string of the molecule is Cc1cnc2c(-c3ccc(OCc4nn(C)cc4-c4cnn(C)c4)cc3)cccn12. The normalized spacial score (nSPS) is 11.3. The first-order valence-electron chi connectivity index (χ1n) is 9.76. The maximum atomic E-state index is 6.03. The summed E-state index contributed by atoms with van der Waals surface area (Å²) in [4.78, 5) is 4.55. The van der Waals surface area contributed by atoms with Gasteiger partial charge in [0.2, 0.25) is 0 Å². The molecule has 5 rings (SSSR count). The lowest BCUT2D eigenvalue weighted by atomic mass is 10.1. The van der Waals surface area contributed by atoms with E-state index in [1.807, 2.05) is 63.3 Å². The molecule has 0 amide bonds. The van der Waals surface area contributed by atoms with E-state index in [1.54, 1.807) is 9.36 Å². The molecule has 0 aliphatic carbocycles. The Kier molecular flexibility index (Phi) is 4.35. The topological polar surface area (TPSA) is 62.2 Å². The molecule has 0 aliphatic rings. The van der Waals surface area contributed by atoms with Gasteiger partial charge in [0.15, 0.2) is 0 Å². The molecule has 0 fully saturated rings. The summed E-state index contributed by atoms with van der Waals surface area (Å²) in [6, 6.07) is 12.2. The number of hydrogen-bond donors (Lipinski definition) is 0. The van der Waals surface area contributed by atoms with Crippen LogP contribution < -0.4 is 4.74 Å². The van der Waals surface area contributed by atoms with Gasteiger partial charge in [-0.1, -0.05) is 12.1 Å². The van der Waals surface area contributed by atoms with Crippen molar-refractivity contribution >= 4 is 5.65 Å². The summed E-state index contributed by atoms with van der Waals surface area (Å²) >= 11 is 0. The van der Waals surface area contributed by atoms with Gasteiger partial charge in [-0.05, 0) is 36.8 Å². The van der Waals surface area contributed by atoms with Crippen molar-refractivity contribution in [2.75, 3.05) is 0 Å². The first-order valence-corrected chi connectivity index (χ1v) is 9.76. The summed E-state index contributed by atoms with van der Waals surface area (Å²) in [6.07, 6.45) is 9.74. The van der Waals surface area contributed by atoms with Crippen LogP contribution in [0, 0.1) is 6.92 Å². The highest BCUT2D eigenvalue weighted by Crippen LogP contribution is 2.27. The van der Waals surface area contributed by atoms with Gasteiger partial charge < -0.3 is 9.14 Å². The maximum absolute atomic E-state index is 6.03. The first-order chi connectivity index (χ1) is 14.6. The molecule has 150 valence electrons. The Morgan fingerprint density at radius 3 is 2.50 bits per heavy atom. The Morgan fingerprint density at radius 1 is 0.900 bits per heavy atom. The van der Waals surface area contributed by atoms with Crippen LogP contribution in [0.1, 0.15) is 11.4 Å². The number of ether oxygens (including phenoxy) is 1. The van der Waals surface area contributed by atoms with Gasteiger partial charge in [-0.3, -0.25) is 9.36 Å². The Labute approximate surface area is 174 Å². The van der Waals surface area contributed by atoms with Crippen LogP contribution in [0.15, 0.2) is 67.4 Å². The molecule has 0 radical (unpaired) electrons. The molecule has 0 unspecified atom stereocenters. The largest absolute Gasteiger partial charge is 0.487 e. The Hall–Kier alpha value is -3.87. The molecule has 0 saturated carbocycles. The molecular formula is C23H22N6O. The van der Waals surface area contributed by atoms with Crippen LogP contribution in [-0.2, 0) is 20.7 Å². The molecule has 7 nitrogen and oxygen atoms in total. The third kappa shape index (κ3) is 3.24. The highest BCUT2D eigenvalue weighted by atomic mass is 16.5. The number of fused-ring (bicyclic) bond motifs is 1. The second-order valence-corrected chi connectivity index (χ2v) is 7.39. The number of imidazole rings is 1. The minimum absolute atomic E-state index is 0.388. The van der Waals surface area contributed by atoms with Gasteiger partial charge in [0, 0.05) is 61.3 Å². The van der Waals surface area contributed by atoms with Crippen molar-refractivity contribution in [2.45, 2.75) is 13.5 Å². The van der Waals surface area contributed by atoms with Gasteiger partial charge in [-0.25, -0.2) is 4.98 Å². The number of pyridine rings is 1. The molecule has 0 N–H and O–H groups in total. The van der Waals surface area contributed by atoms with Crippen molar-refractivity contribution in [3.8, 4) is 28.0 Å². The van der Waals surface area contributed by atoms with E-state index in [4.69, 9.17) is 4.74 Å². The van der Waals surface area contributed by atoms with E-state index >= 15 is 0 Å². The molecular weight excluding hydrogens is 376 g/mol. The highest BCUT2D eigenvalue weighted by Gasteiger charge is 2.13. The van der Waals surface area contributed by atoms with Crippen LogP contribution in [-0.4, -0.2) is 28.9 Å². The van der Waals surface area contributed by atoms with Crippen molar-refractivity contribution in [3.05, 3.63) is 78.8 Å². The predicted octanol–water partition coefficient (Wildman–Crippen LogP) is 4.02. The average molecular weight is 398 g/mol. The van der Waals surface area contributed by atoms with E-state index in [0.29, 0.717) is 6.61 Å². The van der Waals surface area contributed by atoms with E-state index < -0.39 is 0 Å². The Morgan fingerprint density at radius 2 is 1.73 bits per heavy atom. The van der Waals surface area contributed by atoms with E-state index in [9.17, 15) is 0 Å². The zero-order valence-electron chi connectivity index (χ0n) is 17.1. The number of aromatic nitrogens is 6. The minimum atomic E-state index is 0.388. The summed E-state index contributed by atoms with van der Waals surface area (Å²) in [7, 11) is 3.82. The lowest BCUT2D eigenvalue weighted by Gasteiger charge is -2.08. The third-order valence-electron chi connectivity index (χ3n) is 5.18. The van der Waals surface area contributed by atoms with Gasteiger partial charge in [-0.15, -0.1) is 0 Å². The van der Waals surface area contributed by atoms with Gasteiger partial charge in [0.1, 0.15) is 23.7 Å². The fourth-order valence-electron chi connectivity index (χ4n) is 3.68. The molecule has 7 heteroatoms. The lowest BCUT2D eigenvalue weighted by Crippen LogP contribution is -1.99. The van der Waals surface area contributed by atoms with Crippen LogP contribution in [0.5, 0.6) is 5.75 Å². The molecule has 0 spiro atoms. The summed E-state index contributed by atoms with van der Waals surface area (Å²) in [6.45, 7) is 2.44. The van der Waals surface area contributed by atoms with E-state index in [0.717, 1.165) is 45.0 Å². The van der Waals surface area contributed by atoms with Gasteiger partial charge in [-0.2, -0.15) is 10.2 Å². The van der Waals surface area contributed by atoms with Gasteiger partial charge in [0.05, 0.1) is 6.20 Å². The van der Waals surface area contributed by atoms with Crippen molar-refractivity contribution in [1.82, 2.24) is 28.9 Å². The first kappa shape index (κ1) is 18.2. The molecule has 1 aromatic carbocycles. The lowest BCUT2D eigenvalue weighted by molar-refractivity contribution is 0.300. The van der Waals surface area contributed by atoms with E-state index in [2.05, 4.69) is 44.7 Å². The zero-order valence-corrected chi connectivity index (χ0v) is 17.1. The molecule has 4 heterocycles. The van der Waals surface area contributed by atoms with Crippen LogP contribution in [0.3, 0.4) is 0 Å². The molecule has 0 saturated heterocycles. The molecule has 5 aromatic rings. The smallest absolute Gasteiger partial charge is 0.144 e. The molecule has 30 heavy (non-hydrogen) atoms. The monoisotopic (exact) mass is 398 g/mol. The third-order valence-corrected chi connectivity index (χ3v) is 5.18. The molecule has 0 atom stereocenters. The second-order valence-electron chi connectivity index (χ2n) is 7.39. The van der Waals surface area contributed by atoms with Crippen LogP contribution in [0.25, 0.3) is 27.9 Å². The maximum Gasteiger partial charge on any atom is 0.144 e. The van der Waals surface area contributed by atoms with Crippen LogP contribution in [0.2, 0.25) is 0 Å². The van der Waals surface area contributed by atoms with E-state index in [-0.39, 0.29) is 0 Å². The fraction of sp³-hybridized carbons (Fsp3) is 0.174. The van der Waals surface area contributed by atoms with Gasteiger partial charge >= 0.3 is 0 Å². The van der Waals surface area contributed by atoms with Crippen molar-refractivity contribution in [1.29, 1.82) is 0 Å². The molecule has 4 aromatic heterocycles. The summed E-state index contributed by atoms with van der Waals surface area (Å²) in [5.41, 5.74) is 7.22. The van der Waals surface area contributed by atoms with E-state index in [1.165, 1.54) is 0 Å². The van der Waals surface area contributed by atoms with Gasteiger partial charge in [0.25, 0.3) is 0 Å². The minimum Gasteiger partial charge on any atom is -0.487 e. The zero-order chi connectivity index (χ0) is 20.7. The van der Waals surface area contributed by atoms with Crippen molar-refractivity contribution in [2.24, 2.45) is 14.1 Å². The predicted molar refractivity (Wildman–Crippen MR) is 115 cm³/mol. The standard InChI is InChI=1S/C23H22N6O/c1-16-11-24-23-20(5-4-10-29(16)23)17-6-8-19(9-7-17)30-15-22-21(14-28(3)26-22)18-12-25-27(2)13-18/h4-14H,15H2,1-3H3. The second kappa shape index (κ2) is 7.18. The van der Waals surface area contributed by atoms with Crippen molar-refractivity contribution < 1.29 is 4.74 Å². The Bertz CT molecular complexity index is 1330. The highest BCUT2D eigenvalue weighted by molar-refractivity contribution is 5.78. The van der Waals surface area contributed by atoms with Crippen molar-refractivity contribution in [3.63, 3.8) is 0 Å². The molecule has 0 bridgehead atoms. The number of aryl methyl sites for hydroxylation is 3. The number of rotatable bonds is 5. The Balaban J connectivity index is 1.36. The number of nitrogens with zero attached hydrogens (tertiary/aromatic N) is 6. The van der Waals surface area contributed by atoms with Crippen LogP contribution in [0.4, 0.5) is 0 Å². The summed E-state index contributed by atoms with van der Waals surface area (Å²) in [5.74, 6) is 0.799. The average Bonchev–Trinajstić information content (AvgIpc) is 3.45. The molecule has 0 aliphatic heterocycles. The number of benzene rings is 1. The van der Waals surface area contributed by atoms with Crippen LogP contribution >= 0.6 is 0 Å². The number of hydrogen-bond acceptors (Lipinski definition) is 4. The quantitative estimate of drug-likeness (QED) is 0.449. The summed E-state index contributed by atoms with van der Waals surface area (Å²) in [5, 5.41) is 8.81. The summed E-state index contributed by atoms with van der Waals surface area (Å²) < 4.78 is 11.7.